The molecule has 0 radical (unpaired) electrons. The van der Waals surface area contributed by atoms with Crippen molar-refractivity contribution in [1.29, 1.82) is 0 Å². The first-order valence-electron chi connectivity index (χ1n) is 21.7. The minimum Gasteiger partial charge on any atom is -0.0622 e. The average molecular weight is 479 g/mol. The van der Waals surface area contributed by atoms with Crippen LogP contribution in [0, 0.1) is 0 Å². The Kier molecular flexibility index (Phi) is 1.94. The van der Waals surface area contributed by atoms with Crippen molar-refractivity contribution >= 4 is 32.3 Å². The highest BCUT2D eigenvalue weighted by atomic mass is 14.2. The third kappa shape index (κ3) is 3.23. The molecule has 0 unspecified atom stereocenters. The highest BCUT2D eigenvalue weighted by Crippen LogP contribution is 2.46. The molecule has 0 aliphatic heterocycles. The minimum absolute atomic E-state index is 0.403. The van der Waals surface area contributed by atoms with Crippen molar-refractivity contribution < 1.29 is 30.2 Å². The summed E-state index contributed by atoms with van der Waals surface area (Å²) in [5.41, 5.74) is -3.49. The standard InChI is InChI=1S/C36H24/c1-3-13-25(14-4-1)27-23-24-34(29-18-8-7-17-28(27)29)36-32-21-11-9-19-30(32)35(26-15-5-2-6-16-26)31-20-10-12-22-33(31)36/h1-24H/i1D,2D,3D,4D,5D,6D,9D,10D,11D,12D,13D,14D,15D,16D,17D,18D,19D,20D,21D,22D,23D,24D. The molecule has 0 N–H and O–H groups in total. The molecule has 0 aliphatic rings. The van der Waals surface area contributed by atoms with E-state index in [4.69, 9.17) is 24.7 Å². The van der Waals surface area contributed by atoms with Crippen molar-refractivity contribution in [2.45, 2.75) is 0 Å². The lowest BCUT2D eigenvalue weighted by Gasteiger charge is -2.19. The Balaban J connectivity index is 1.92. The molecule has 0 atom stereocenters. The second kappa shape index (κ2) is 8.52. The van der Waals surface area contributed by atoms with E-state index >= 15 is 0 Å². The van der Waals surface area contributed by atoms with Gasteiger partial charge < -0.3 is 0 Å². The summed E-state index contributed by atoms with van der Waals surface area (Å²) in [7, 11) is 0. The van der Waals surface area contributed by atoms with Crippen LogP contribution in [0.15, 0.2) is 145 Å². The number of fused-ring (bicyclic) bond motifs is 3. The molecule has 168 valence electrons. The predicted molar refractivity (Wildman–Crippen MR) is 155 cm³/mol. The Labute approximate surface area is 242 Å². The van der Waals surface area contributed by atoms with Crippen molar-refractivity contribution in [2.75, 3.05) is 0 Å². The summed E-state index contributed by atoms with van der Waals surface area (Å²) in [6.07, 6.45) is 0. The molecule has 0 saturated carbocycles. The van der Waals surface area contributed by atoms with Crippen LogP contribution in [0.4, 0.5) is 0 Å². The Bertz CT molecular complexity index is 2940. The van der Waals surface area contributed by atoms with Gasteiger partial charge in [-0.2, -0.15) is 0 Å². The molecule has 0 spiro atoms. The van der Waals surface area contributed by atoms with Crippen molar-refractivity contribution in [3.63, 3.8) is 0 Å². The lowest BCUT2D eigenvalue weighted by atomic mass is 9.84. The maximum atomic E-state index is 9.52. The van der Waals surface area contributed by atoms with Gasteiger partial charge in [-0.25, -0.2) is 0 Å². The molecular formula is C36H24. The van der Waals surface area contributed by atoms with E-state index in [0.29, 0.717) is 0 Å². The van der Waals surface area contributed by atoms with Crippen LogP contribution >= 0.6 is 0 Å². The number of rotatable bonds is 3. The normalized spacial score (nSPS) is 19.9. The molecule has 0 saturated heterocycles. The van der Waals surface area contributed by atoms with E-state index in [2.05, 4.69) is 0 Å². The van der Waals surface area contributed by atoms with Crippen LogP contribution in [0.2, 0.25) is 0 Å². The highest BCUT2D eigenvalue weighted by molar-refractivity contribution is 6.24. The van der Waals surface area contributed by atoms with Gasteiger partial charge in [0, 0.05) is 0 Å². The molecule has 36 heavy (non-hydrogen) atoms. The molecule has 0 aliphatic carbocycles. The van der Waals surface area contributed by atoms with Crippen LogP contribution in [-0.2, 0) is 0 Å². The molecule has 0 fully saturated rings. The smallest absolute Gasteiger partial charge is 0.0622 e. The lowest BCUT2D eigenvalue weighted by Crippen LogP contribution is -1.92. The summed E-state index contributed by atoms with van der Waals surface area (Å²) >= 11 is 0. The monoisotopic (exact) mass is 478 g/mol. The van der Waals surface area contributed by atoms with Gasteiger partial charge in [-0.05, 0) is 65.7 Å². The van der Waals surface area contributed by atoms with E-state index in [0.717, 1.165) is 12.1 Å². The SMILES string of the molecule is [2H]c1c([2H])c([2H])c(-c2c([2H])c([2H])c(-c3c4c([2H])c([2H])c([2H])c([2H])c4c(-c4c([2H])c([2H])c([2H])c([2H])c4[2H])c4c([2H])c([2H])c([2H])c([2H])c34)c3c([2H])ccc([2H])c23)c([2H])c1[2H]. The van der Waals surface area contributed by atoms with Crippen LogP contribution < -0.4 is 0 Å². The van der Waals surface area contributed by atoms with Gasteiger partial charge in [0.15, 0.2) is 0 Å². The molecule has 0 heterocycles. The van der Waals surface area contributed by atoms with Crippen molar-refractivity contribution in [3.05, 3.63) is 145 Å². The summed E-state index contributed by atoms with van der Waals surface area (Å²) in [4.78, 5) is 0. The van der Waals surface area contributed by atoms with Gasteiger partial charge in [-0.3, -0.25) is 0 Å². The van der Waals surface area contributed by atoms with Crippen LogP contribution in [0.25, 0.3) is 65.7 Å². The number of hydrogen-bond donors (Lipinski definition) is 0. The molecule has 0 nitrogen and oxygen atoms in total. The zero-order valence-corrected chi connectivity index (χ0v) is 18.2. The third-order valence-electron chi connectivity index (χ3n) is 5.73. The van der Waals surface area contributed by atoms with E-state index in [1.807, 2.05) is 0 Å². The first-order chi connectivity index (χ1) is 27.0. The maximum absolute atomic E-state index is 9.52. The first kappa shape index (κ1) is 8.18. The third-order valence-corrected chi connectivity index (χ3v) is 5.73. The number of hydrogen-bond acceptors (Lipinski definition) is 0. The van der Waals surface area contributed by atoms with Crippen LogP contribution in [0.5, 0.6) is 0 Å². The highest BCUT2D eigenvalue weighted by Gasteiger charge is 2.18. The lowest BCUT2D eigenvalue weighted by molar-refractivity contribution is 1.64. The Hall–Kier alpha value is -4.68. The maximum Gasteiger partial charge on any atom is 0.0630 e. The van der Waals surface area contributed by atoms with Crippen LogP contribution in [-0.4, -0.2) is 0 Å². The Morgan fingerprint density at radius 2 is 0.722 bits per heavy atom. The fourth-order valence-corrected chi connectivity index (χ4v) is 4.29. The minimum atomic E-state index is -0.897. The van der Waals surface area contributed by atoms with Gasteiger partial charge in [-0.1, -0.05) is 145 Å². The van der Waals surface area contributed by atoms with Gasteiger partial charge in [0.2, 0.25) is 0 Å². The first-order valence-corrected chi connectivity index (χ1v) is 10.7. The molecule has 0 bridgehead atoms. The summed E-state index contributed by atoms with van der Waals surface area (Å²) in [6, 6.07) is -15.9. The summed E-state index contributed by atoms with van der Waals surface area (Å²) in [6.45, 7) is 0. The van der Waals surface area contributed by atoms with Crippen molar-refractivity contribution in [1.82, 2.24) is 0 Å². The van der Waals surface area contributed by atoms with E-state index in [1.54, 1.807) is 0 Å². The van der Waals surface area contributed by atoms with E-state index in [9.17, 15) is 5.48 Å². The average Bonchev–Trinajstić information content (AvgIpc) is 3.19. The Morgan fingerprint density at radius 1 is 0.306 bits per heavy atom. The second-order valence-electron chi connectivity index (χ2n) is 7.62. The fraction of sp³-hybridized carbons (Fsp3) is 0. The Morgan fingerprint density at radius 3 is 1.28 bits per heavy atom. The van der Waals surface area contributed by atoms with Gasteiger partial charge >= 0.3 is 0 Å². The van der Waals surface area contributed by atoms with Crippen molar-refractivity contribution in [2.24, 2.45) is 0 Å². The van der Waals surface area contributed by atoms with Crippen LogP contribution in [0.3, 0.4) is 0 Å². The van der Waals surface area contributed by atoms with E-state index < -0.39 is 199 Å². The topological polar surface area (TPSA) is 0 Å². The summed E-state index contributed by atoms with van der Waals surface area (Å²) in [5, 5.41) is -3.21. The zero-order chi connectivity index (χ0) is 43.0. The van der Waals surface area contributed by atoms with Gasteiger partial charge in [0.05, 0.1) is 30.2 Å². The molecule has 0 heteroatoms. The van der Waals surface area contributed by atoms with Gasteiger partial charge in [0.1, 0.15) is 0 Å². The summed E-state index contributed by atoms with van der Waals surface area (Å²) in [5.74, 6) is 0. The van der Waals surface area contributed by atoms with Crippen LogP contribution in [0.1, 0.15) is 30.2 Å². The molecule has 0 aromatic heterocycles. The largest absolute Gasteiger partial charge is 0.0630 e. The number of benzene rings is 7. The second-order valence-corrected chi connectivity index (χ2v) is 7.62. The molecular weight excluding hydrogens is 432 g/mol. The molecule has 7 aromatic rings. The molecule has 7 aromatic carbocycles. The fourth-order valence-electron chi connectivity index (χ4n) is 4.29. The van der Waals surface area contributed by atoms with Crippen molar-refractivity contribution in [3.8, 4) is 33.4 Å². The zero-order valence-electron chi connectivity index (χ0n) is 40.2. The summed E-state index contributed by atoms with van der Waals surface area (Å²) < 4.78 is 193. The van der Waals surface area contributed by atoms with E-state index in [1.165, 1.54) is 0 Å². The molecule has 7 rings (SSSR count). The van der Waals surface area contributed by atoms with E-state index in [-0.39, 0.29) is 0 Å². The van der Waals surface area contributed by atoms with Gasteiger partial charge in [0.25, 0.3) is 0 Å². The van der Waals surface area contributed by atoms with Gasteiger partial charge in [-0.15, -0.1) is 0 Å². The predicted octanol–water partition coefficient (Wildman–Crippen LogP) is 10.1. The quantitative estimate of drug-likeness (QED) is 0.222. The molecule has 0 amide bonds.